The number of pyridine rings is 2. The van der Waals surface area contributed by atoms with E-state index < -0.39 is 0 Å². The Morgan fingerprint density at radius 3 is 2.56 bits per heavy atom. The average molecular weight is 457 g/mol. The van der Waals surface area contributed by atoms with E-state index in [-0.39, 0.29) is 12.2 Å². The van der Waals surface area contributed by atoms with Gasteiger partial charge in [-0.25, -0.2) is 15.0 Å². The Kier molecular flexibility index (Phi) is 6.38. The topological polar surface area (TPSA) is 85.2 Å². The van der Waals surface area contributed by atoms with Crippen LogP contribution in [-0.2, 0) is 13.2 Å². The van der Waals surface area contributed by atoms with Crippen LogP contribution in [0.15, 0.2) is 65.8 Å². The molecule has 1 N–H and O–H groups in total. The fourth-order valence-corrected chi connectivity index (χ4v) is 4.30. The van der Waals surface area contributed by atoms with Gasteiger partial charge in [-0.1, -0.05) is 36.4 Å². The van der Waals surface area contributed by atoms with E-state index in [4.69, 9.17) is 4.84 Å². The average Bonchev–Trinajstić information content (AvgIpc) is 2.88. The van der Waals surface area contributed by atoms with Crippen molar-refractivity contribution in [2.75, 3.05) is 23.3 Å². The molecular formula is C26H28N6O2. The third kappa shape index (κ3) is 4.71. The van der Waals surface area contributed by atoms with E-state index in [0.717, 1.165) is 41.1 Å². The molecule has 1 aliphatic rings. The van der Waals surface area contributed by atoms with Crippen molar-refractivity contribution in [3.8, 4) is 0 Å². The lowest BCUT2D eigenvalue weighted by Crippen LogP contribution is -2.30. The fraction of sp³-hybridized carbons (Fsp3) is 0.308. The van der Waals surface area contributed by atoms with Gasteiger partial charge in [-0.15, -0.1) is 4.73 Å². The smallest absolute Gasteiger partial charge is 0.287 e. The molecule has 0 spiro atoms. The maximum absolute atomic E-state index is 12.9. The first kappa shape index (κ1) is 21.9. The summed E-state index contributed by atoms with van der Waals surface area (Å²) in [6.45, 7) is 4.83. The van der Waals surface area contributed by atoms with E-state index >= 15 is 0 Å². The van der Waals surface area contributed by atoms with Crippen LogP contribution in [0.25, 0.3) is 11.0 Å². The van der Waals surface area contributed by atoms with Crippen molar-refractivity contribution < 1.29 is 4.84 Å². The Labute approximate surface area is 198 Å². The van der Waals surface area contributed by atoms with Crippen molar-refractivity contribution in [2.45, 2.75) is 39.3 Å². The normalized spacial score (nSPS) is 13.7. The van der Waals surface area contributed by atoms with Gasteiger partial charge in [-0.3, -0.25) is 4.79 Å². The SMILES string of the molecule is Cc1ncnc2c1c(NCc1ccc(N3CCCCC3)nc1)cc(=O)n2OCc1ccccc1. The summed E-state index contributed by atoms with van der Waals surface area (Å²) in [6, 6.07) is 15.4. The molecule has 0 amide bonds. The zero-order valence-corrected chi connectivity index (χ0v) is 19.3. The van der Waals surface area contributed by atoms with E-state index in [0.29, 0.717) is 17.9 Å². The number of rotatable bonds is 7. The summed E-state index contributed by atoms with van der Waals surface area (Å²) in [5.41, 5.74) is 3.60. The van der Waals surface area contributed by atoms with Crippen LogP contribution in [-0.4, -0.2) is 32.8 Å². The summed E-state index contributed by atoms with van der Waals surface area (Å²) in [5, 5.41) is 4.14. The molecule has 1 fully saturated rings. The van der Waals surface area contributed by atoms with E-state index in [1.165, 1.54) is 30.3 Å². The van der Waals surface area contributed by atoms with Gasteiger partial charge in [-0.2, -0.15) is 0 Å². The number of piperidine rings is 1. The van der Waals surface area contributed by atoms with Crippen LogP contribution < -0.4 is 20.6 Å². The first-order chi connectivity index (χ1) is 16.7. The lowest BCUT2D eigenvalue weighted by molar-refractivity contribution is 0.0979. The highest BCUT2D eigenvalue weighted by Crippen LogP contribution is 2.23. The highest BCUT2D eigenvalue weighted by atomic mass is 16.7. The van der Waals surface area contributed by atoms with Crippen LogP contribution in [0.3, 0.4) is 0 Å². The molecule has 3 aromatic heterocycles. The molecule has 34 heavy (non-hydrogen) atoms. The number of aryl methyl sites for hydroxylation is 1. The number of benzene rings is 1. The van der Waals surface area contributed by atoms with Gasteiger partial charge >= 0.3 is 0 Å². The van der Waals surface area contributed by atoms with Crippen LogP contribution in [0.4, 0.5) is 11.5 Å². The van der Waals surface area contributed by atoms with Gasteiger partial charge in [0.25, 0.3) is 5.56 Å². The molecule has 4 heterocycles. The Hall–Kier alpha value is -3.94. The number of fused-ring (bicyclic) bond motifs is 1. The molecule has 0 bridgehead atoms. The van der Waals surface area contributed by atoms with Crippen LogP contribution in [0.2, 0.25) is 0 Å². The minimum absolute atomic E-state index is 0.265. The highest BCUT2D eigenvalue weighted by Gasteiger charge is 2.15. The van der Waals surface area contributed by atoms with Gasteiger partial charge in [0.2, 0.25) is 0 Å². The number of nitrogens with one attached hydrogen (secondary N) is 1. The van der Waals surface area contributed by atoms with Crippen molar-refractivity contribution in [3.63, 3.8) is 0 Å². The predicted molar refractivity (Wildman–Crippen MR) is 133 cm³/mol. The van der Waals surface area contributed by atoms with E-state index in [1.807, 2.05) is 43.5 Å². The first-order valence-electron chi connectivity index (χ1n) is 11.7. The van der Waals surface area contributed by atoms with E-state index in [1.54, 1.807) is 6.07 Å². The summed E-state index contributed by atoms with van der Waals surface area (Å²) < 4.78 is 1.25. The van der Waals surface area contributed by atoms with E-state index in [2.05, 4.69) is 37.3 Å². The van der Waals surface area contributed by atoms with Crippen molar-refractivity contribution in [2.24, 2.45) is 0 Å². The molecule has 5 rings (SSSR count). The number of hydrogen-bond acceptors (Lipinski definition) is 7. The molecule has 1 saturated heterocycles. The summed E-state index contributed by atoms with van der Waals surface area (Å²) in [7, 11) is 0. The second kappa shape index (κ2) is 9.91. The van der Waals surface area contributed by atoms with Crippen LogP contribution in [0.5, 0.6) is 0 Å². The molecule has 4 aromatic rings. The summed E-state index contributed by atoms with van der Waals surface area (Å²) >= 11 is 0. The summed E-state index contributed by atoms with van der Waals surface area (Å²) in [4.78, 5) is 34.5. The minimum atomic E-state index is -0.289. The van der Waals surface area contributed by atoms with Gasteiger partial charge in [0.1, 0.15) is 18.8 Å². The van der Waals surface area contributed by atoms with Gasteiger partial charge < -0.3 is 15.1 Å². The summed E-state index contributed by atoms with van der Waals surface area (Å²) in [6.07, 6.45) is 7.09. The lowest BCUT2D eigenvalue weighted by Gasteiger charge is -2.27. The molecule has 0 unspecified atom stereocenters. The van der Waals surface area contributed by atoms with Crippen LogP contribution in [0.1, 0.15) is 36.1 Å². The zero-order valence-electron chi connectivity index (χ0n) is 19.3. The molecule has 0 radical (unpaired) electrons. The lowest BCUT2D eigenvalue weighted by atomic mass is 10.1. The Morgan fingerprint density at radius 1 is 0.971 bits per heavy atom. The van der Waals surface area contributed by atoms with Gasteiger partial charge in [-0.05, 0) is 43.4 Å². The number of nitrogens with zero attached hydrogens (tertiary/aromatic N) is 5. The maximum atomic E-state index is 12.9. The highest BCUT2D eigenvalue weighted by molar-refractivity contribution is 5.90. The molecule has 8 nitrogen and oxygen atoms in total. The van der Waals surface area contributed by atoms with Crippen molar-refractivity contribution in [1.82, 2.24) is 19.7 Å². The Bertz CT molecular complexity index is 1320. The Balaban J connectivity index is 1.36. The zero-order chi connectivity index (χ0) is 23.3. The fourth-order valence-electron chi connectivity index (χ4n) is 4.30. The van der Waals surface area contributed by atoms with Gasteiger partial charge in [0.15, 0.2) is 5.65 Å². The van der Waals surface area contributed by atoms with E-state index in [9.17, 15) is 4.79 Å². The first-order valence-corrected chi connectivity index (χ1v) is 11.7. The third-order valence-corrected chi connectivity index (χ3v) is 6.12. The van der Waals surface area contributed by atoms with Crippen LogP contribution in [0, 0.1) is 6.92 Å². The number of hydrogen-bond donors (Lipinski definition) is 1. The maximum Gasteiger partial charge on any atom is 0.287 e. The monoisotopic (exact) mass is 456 g/mol. The number of aromatic nitrogens is 4. The minimum Gasteiger partial charge on any atom is -0.404 e. The molecule has 0 aliphatic carbocycles. The molecule has 8 heteroatoms. The predicted octanol–water partition coefficient (Wildman–Crippen LogP) is 3.73. The van der Waals surface area contributed by atoms with Gasteiger partial charge in [0, 0.05) is 31.9 Å². The molecule has 0 saturated carbocycles. The largest absolute Gasteiger partial charge is 0.404 e. The summed E-state index contributed by atoms with van der Waals surface area (Å²) in [5.74, 6) is 1.02. The molecule has 1 aromatic carbocycles. The molecule has 1 aliphatic heterocycles. The van der Waals surface area contributed by atoms with Crippen molar-refractivity contribution in [1.29, 1.82) is 0 Å². The molecular weight excluding hydrogens is 428 g/mol. The Morgan fingerprint density at radius 2 is 1.79 bits per heavy atom. The number of anilines is 2. The third-order valence-electron chi connectivity index (χ3n) is 6.12. The quantitative estimate of drug-likeness (QED) is 0.454. The molecule has 174 valence electrons. The van der Waals surface area contributed by atoms with Crippen LogP contribution >= 0.6 is 0 Å². The van der Waals surface area contributed by atoms with Gasteiger partial charge in [0.05, 0.1) is 16.8 Å². The van der Waals surface area contributed by atoms with Crippen molar-refractivity contribution >= 4 is 22.5 Å². The molecule has 0 atom stereocenters. The van der Waals surface area contributed by atoms with Crippen molar-refractivity contribution in [3.05, 3.63) is 88.2 Å². The second-order valence-electron chi connectivity index (χ2n) is 8.53. The second-order valence-corrected chi connectivity index (χ2v) is 8.53. The standard InChI is InChI=1S/C26H28N6O2/c1-19-25-22(27-15-21-10-11-23(28-16-21)31-12-6-3-7-13-31)14-24(33)32(26(25)30-18-29-19)34-17-20-8-4-2-5-9-20/h2,4-5,8-11,14,16,18,27H,3,6-7,12-13,15,17H2,1H3.